The molecule has 0 saturated carbocycles. The largest absolute Gasteiger partial charge is 0.494 e. The number of hydrogen-bond donors (Lipinski definition) is 2. The molecule has 0 amide bonds. The quantitative estimate of drug-likeness (QED) is 0.706. The van der Waals surface area contributed by atoms with Crippen LogP contribution in [-0.4, -0.2) is 18.2 Å². The van der Waals surface area contributed by atoms with Gasteiger partial charge in [-0.3, -0.25) is 0 Å². The van der Waals surface area contributed by atoms with Crippen molar-refractivity contribution in [2.24, 2.45) is 0 Å². The molecule has 14 heavy (non-hydrogen) atoms. The lowest BCUT2D eigenvalue weighted by Crippen LogP contribution is -2.08. The molecule has 1 rings (SSSR count). The van der Waals surface area contributed by atoms with Crippen LogP contribution in [0.1, 0.15) is 15.9 Å². The SMILES string of the molecule is COc1cc(C)c(N)c(C(=O)O)c1F. The van der Waals surface area contributed by atoms with Gasteiger partial charge in [-0.1, -0.05) is 0 Å². The van der Waals surface area contributed by atoms with Crippen LogP contribution < -0.4 is 10.5 Å². The van der Waals surface area contributed by atoms with E-state index in [4.69, 9.17) is 10.8 Å². The minimum atomic E-state index is -1.40. The summed E-state index contributed by atoms with van der Waals surface area (Å²) in [6.45, 7) is 1.59. The lowest BCUT2D eigenvalue weighted by Gasteiger charge is -2.09. The van der Waals surface area contributed by atoms with Crippen molar-refractivity contribution in [2.75, 3.05) is 12.8 Å². The van der Waals surface area contributed by atoms with Crippen LogP contribution in [0.25, 0.3) is 0 Å². The average Bonchev–Trinajstić information content (AvgIpc) is 2.11. The fraction of sp³-hybridized carbons (Fsp3) is 0.222. The second-order valence-corrected chi connectivity index (χ2v) is 2.80. The third kappa shape index (κ3) is 1.48. The van der Waals surface area contributed by atoms with Gasteiger partial charge in [0.15, 0.2) is 11.6 Å². The molecule has 0 heterocycles. The standard InChI is InChI=1S/C9H10FNO3/c1-4-3-5(14-2)7(10)6(8(4)11)9(12)13/h3H,11H2,1-2H3,(H,12,13). The first-order valence-corrected chi connectivity index (χ1v) is 3.85. The summed E-state index contributed by atoms with van der Waals surface area (Å²) in [5.41, 5.74) is 5.29. The fourth-order valence-electron chi connectivity index (χ4n) is 1.13. The van der Waals surface area contributed by atoms with Crippen LogP contribution in [0.15, 0.2) is 6.07 Å². The van der Waals surface area contributed by atoms with E-state index < -0.39 is 17.3 Å². The molecule has 0 radical (unpaired) electrons. The van der Waals surface area contributed by atoms with E-state index >= 15 is 0 Å². The van der Waals surface area contributed by atoms with Gasteiger partial charge in [-0.2, -0.15) is 0 Å². The van der Waals surface area contributed by atoms with Gasteiger partial charge >= 0.3 is 5.97 Å². The fourth-order valence-corrected chi connectivity index (χ4v) is 1.13. The average molecular weight is 199 g/mol. The number of nitrogen functional groups attached to an aromatic ring is 1. The zero-order chi connectivity index (χ0) is 10.9. The molecule has 1 aromatic carbocycles. The predicted octanol–water partition coefficient (Wildman–Crippen LogP) is 1.42. The van der Waals surface area contributed by atoms with Crippen molar-refractivity contribution in [1.29, 1.82) is 0 Å². The molecule has 0 aliphatic carbocycles. The monoisotopic (exact) mass is 199 g/mol. The number of ether oxygens (including phenoxy) is 1. The van der Waals surface area contributed by atoms with Crippen molar-refractivity contribution in [3.05, 3.63) is 23.0 Å². The van der Waals surface area contributed by atoms with Crippen molar-refractivity contribution in [2.45, 2.75) is 6.92 Å². The van der Waals surface area contributed by atoms with Crippen molar-refractivity contribution >= 4 is 11.7 Å². The van der Waals surface area contributed by atoms with Crippen molar-refractivity contribution < 1.29 is 19.0 Å². The summed E-state index contributed by atoms with van der Waals surface area (Å²) in [7, 11) is 1.26. The molecule has 0 spiro atoms. The van der Waals surface area contributed by atoms with E-state index in [0.29, 0.717) is 5.56 Å². The second kappa shape index (κ2) is 3.53. The van der Waals surface area contributed by atoms with E-state index in [1.165, 1.54) is 13.2 Å². The number of anilines is 1. The van der Waals surface area contributed by atoms with E-state index in [1.807, 2.05) is 0 Å². The van der Waals surface area contributed by atoms with Crippen molar-refractivity contribution in [1.82, 2.24) is 0 Å². The number of rotatable bonds is 2. The van der Waals surface area contributed by atoms with Gasteiger partial charge in [0, 0.05) is 0 Å². The molecule has 5 heteroatoms. The number of nitrogens with two attached hydrogens (primary N) is 1. The van der Waals surface area contributed by atoms with E-state index in [-0.39, 0.29) is 11.4 Å². The number of aryl methyl sites for hydroxylation is 1. The lowest BCUT2D eigenvalue weighted by molar-refractivity contribution is 0.0692. The number of carboxylic acid groups (broad SMARTS) is 1. The van der Waals surface area contributed by atoms with Crippen molar-refractivity contribution in [3.8, 4) is 5.75 Å². The van der Waals surface area contributed by atoms with Gasteiger partial charge in [-0.25, -0.2) is 9.18 Å². The zero-order valence-corrected chi connectivity index (χ0v) is 7.80. The molecule has 0 aromatic heterocycles. The first kappa shape index (κ1) is 10.3. The molecule has 0 aliphatic heterocycles. The number of carbonyl (C=O) groups is 1. The van der Waals surface area contributed by atoms with Gasteiger partial charge in [0.2, 0.25) is 0 Å². The molecule has 0 fully saturated rings. The van der Waals surface area contributed by atoms with Crippen LogP contribution in [0.2, 0.25) is 0 Å². The molecule has 0 saturated heterocycles. The predicted molar refractivity (Wildman–Crippen MR) is 49.1 cm³/mol. The highest BCUT2D eigenvalue weighted by Crippen LogP contribution is 2.28. The molecule has 0 aliphatic rings. The third-order valence-electron chi connectivity index (χ3n) is 1.91. The molecular formula is C9H10FNO3. The Morgan fingerprint density at radius 1 is 1.64 bits per heavy atom. The van der Waals surface area contributed by atoms with Gasteiger partial charge < -0.3 is 15.6 Å². The van der Waals surface area contributed by atoms with E-state index in [2.05, 4.69) is 4.74 Å². The van der Waals surface area contributed by atoms with Gasteiger partial charge in [-0.15, -0.1) is 0 Å². The first-order valence-electron chi connectivity index (χ1n) is 3.85. The van der Waals surface area contributed by atoms with Gasteiger partial charge in [0.1, 0.15) is 5.56 Å². The Balaban J connectivity index is 3.53. The Kier molecular flexibility index (Phi) is 2.60. The summed E-state index contributed by atoms with van der Waals surface area (Å²) in [6, 6.07) is 1.36. The summed E-state index contributed by atoms with van der Waals surface area (Å²) in [5, 5.41) is 8.72. The maximum Gasteiger partial charge on any atom is 0.340 e. The minimum Gasteiger partial charge on any atom is -0.494 e. The molecule has 0 atom stereocenters. The summed E-state index contributed by atoms with van der Waals surface area (Å²) >= 11 is 0. The number of carboxylic acids is 1. The molecule has 3 N–H and O–H groups in total. The van der Waals surface area contributed by atoms with Gasteiger partial charge in [0.25, 0.3) is 0 Å². The maximum absolute atomic E-state index is 13.4. The van der Waals surface area contributed by atoms with E-state index in [9.17, 15) is 9.18 Å². The minimum absolute atomic E-state index is 0.0733. The third-order valence-corrected chi connectivity index (χ3v) is 1.91. The van der Waals surface area contributed by atoms with Crippen LogP contribution in [0.5, 0.6) is 5.75 Å². The topological polar surface area (TPSA) is 72.5 Å². The Bertz CT molecular complexity index is 390. The van der Waals surface area contributed by atoms with Crippen molar-refractivity contribution in [3.63, 3.8) is 0 Å². The molecule has 0 unspecified atom stereocenters. The molecule has 1 aromatic rings. The molecule has 0 bridgehead atoms. The lowest BCUT2D eigenvalue weighted by atomic mass is 10.1. The van der Waals surface area contributed by atoms with Crippen LogP contribution in [-0.2, 0) is 0 Å². The van der Waals surface area contributed by atoms with Crippen LogP contribution in [0.4, 0.5) is 10.1 Å². The normalized spacial score (nSPS) is 9.93. The molecule has 4 nitrogen and oxygen atoms in total. The van der Waals surface area contributed by atoms with E-state index in [0.717, 1.165) is 0 Å². The highest BCUT2D eigenvalue weighted by atomic mass is 19.1. The number of aromatic carboxylic acids is 1. The van der Waals surface area contributed by atoms with Gasteiger partial charge in [-0.05, 0) is 18.6 Å². The Morgan fingerprint density at radius 3 is 2.64 bits per heavy atom. The van der Waals surface area contributed by atoms with E-state index in [1.54, 1.807) is 6.92 Å². The van der Waals surface area contributed by atoms with Crippen LogP contribution in [0.3, 0.4) is 0 Å². The summed E-state index contributed by atoms with van der Waals surface area (Å²) < 4.78 is 18.1. The molecular weight excluding hydrogens is 189 g/mol. The van der Waals surface area contributed by atoms with Crippen LogP contribution >= 0.6 is 0 Å². The highest BCUT2D eigenvalue weighted by molar-refractivity contribution is 5.95. The first-order chi connectivity index (χ1) is 6.49. The van der Waals surface area contributed by atoms with Gasteiger partial charge in [0.05, 0.1) is 12.8 Å². The number of methoxy groups -OCH3 is 1. The Morgan fingerprint density at radius 2 is 2.21 bits per heavy atom. The maximum atomic E-state index is 13.4. The Labute approximate surface area is 80.1 Å². The zero-order valence-electron chi connectivity index (χ0n) is 7.80. The Hall–Kier alpha value is -1.78. The summed E-state index contributed by atoms with van der Waals surface area (Å²) in [4.78, 5) is 10.7. The smallest absolute Gasteiger partial charge is 0.340 e. The number of halogens is 1. The number of benzene rings is 1. The summed E-state index contributed by atoms with van der Waals surface area (Å²) in [6.07, 6.45) is 0. The second-order valence-electron chi connectivity index (χ2n) is 2.80. The molecule has 76 valence electrons. The highest BCUT2D eigenvalue weighted by Gasteiger charge is 2.20. The summed E-state index contributed by atoms with van der Waals surface area (Å²) in [5.74, 6) is -2.46. The number of hydrogen-bond acceptors (Lipinski definition) is 3. The van der Waals surface area contributed by atoms with Crippen LogP contribution in [0, 0.1) is 12.7 Å².